The maximum Gasteiger partial charge on any atom is 0.410 e. The molecule has 2 atom stereocenters. The molecule has 2 aromatic carbocycles. The number of hydrogen-bond donors (Lipinski definition) is 4. The van der Waals surface area contributed by atoms with E-state index >= 15 is 0 Å². The second kappa shape index (κ2) is 23.8. The largest absolute Gasteiger partial charge is 0.444 e. The highest BCUT2D eigenvalue weighted by Gasteiger charge is 2.33. The molecule has 6 heterocycles. The number of carbonyl (C=O) groups excluding carboxylic acids is 4. The number of ether oxygens (including phenoxy) is 2. The topological polar surface area (TPSA) is 181 Å². The Morgan fingerprint density at radius 1 is 0.729 bits per heavy atom. The highest BCUT2D eigenvalue weighted by molar-refractivity contribution is 7.23. The predicted octanol–water partition coefficient (Wildman–Crippen LogP) is 12.2. The average Bonchev–Trinajstić information content (AvgIpc) is 4.09. The molecule has 6 aromatic rings. The average molecular weight is 1030 g/mol. The molecule has 4 aromatic heterocycles. The standard InChI is InChI=1S/C26H34N4O3S2.C22H23N3O3S2.C4H11N/c1-6-16(2)27-13-11-21(31)29-24-22(23-28-18-9-7-8-10-19(18)34-23)17-12-14-30(15-20(17)35-24)25(32)33-26(3,4)5;1-5-17(26)24-20-18(19-23-14-8-6-7-9-15(14)29-19)13-10-11-25(12-16(13)30-20)21(27)28-22(2,3)4;1-3-4(2)5/h7-10,16,27H,6,11-15H2,1-5H3,(H,29,31);5-9H,1,10-12H2,2-4H3,(H,24,26);4H,3,5H2,1-2H3/t16-;;4-/m1.1/s1. The van der Waals surface area contributed by atoms with Crippen LogP contribution in [-0.4, -0.2) is 86.7 Å². The van der Waals surface area contributed by atoms with Gasteiger partial charge < -0.3 is 41.0 Å². The summed E-state index contributed by atoms with van der Waals surface area (Å²) in [5, 5.41) is 12.8. The molecule has 0 aliphatic carbocycles. The normalized spacial score (nSPS) is 14.3. The first-order chi connectivity index (χ1) is 33.2. The summed E-state index contributed by atoms with van der Waals surface area (Å²) in [7, 11) is 0. The number of amides is 4. The smallest absolute Gasteiger partial charge is 0.410 e. The van der Waals surface area contributed by atoms with E-state index in [0.717, 1.165) is 79.7 Å². The van der Waals surface area contributed by atoms with Crippen LogP contribution in [0.2, 0.25) is 0 Å². The summed E-state index contributed by atoms with van der Waals surface area (Å²) in [5.41, 5.74) is 10.4. The molecule has 0 saturated heterocycles. The van der Waals surface area contributed by atoms with Crippen molar-refractivity contribution in [1.82, 2.24) is 25.1 Å². The predicted molar refractivity (Wildman–Crippen MR) is 290 cm³/mol. The first-order valence-electron chi connectivity index (χ1n) is 23.9. The molecule has 0 spiro atoms. The Morgan fingerprint density at radius 3 is 1.57 bits per heavy atom. The summed E-state index contributed by atoms with van der Waals surface area (Å²) >= 11 is 6.27. The van der Waals surface area contributed by atoms with E-state index in [2.05, 4.69) is 49.4 Å². The lowest BCUT2D eigenvalue weighted by Crippen LogP contribution is -2.39. The van der Waals surface area contributed by atoms with Crippen LogP contribution < -0.4 is 21.7 Å². The van der Waals surface area contributed by atoms with Crippen molar-refractivity contribution < 1.29 is 28.7 Å². The number of rotatable bonds is 11. The Balaban J connectivity index is 0.000000211. The third-order valence-corrected chi connectivity index (χ3v) is 15.6. The zero-order chi connectivity index (χ0) is 50.9. The fraction of sp³-hybridized carbons (Fsp3) is 0.462. The molecule has 70 heavy (non-hydrogen) atoms. The van der Waals surface area contributed by atoms with E-state index in [4.69, 9.17) is 25.2 Å². The molecule has 0 bridgehead atoms. The number of fused-ring (bicyclic) bond motifs is 4. The maximum atomic E-state index is 12.8. The van der Waals surface area contributed by atoms with Crippen LogP contribution in [0, 0.1) is 0 Å². The summed E-state index contributed by atoms with van der Waals surface area (Å²) in [6.07, 6.45) is 4.51. The Hall–Kier alpha value is -5.24. The van der Waals surface area contributed by atoms with E-state index in [1.54, 1.807) is 43.8 Å². The molecule has 0 fully saturated rings. The van der Waals surface area contributed by atoms with Gasteiger partial charge in [0.1, 0.15) is 31.2 Å². The minimum Gasteiger partial charge on any atom is -0.444 e. The minimum absolute atomic E-state index is 0.0224. The van der Waals surface area contributed by atoms with Crippen molar-refractivity contribution in [2.24, 2.45) is 5.73 Å². The van der Waals surface area contributed by atoms with E-state index in [1.165, 1.54) is 23.0 Å². The van der Waals surface area contributed by atoms with E-state index in [-0.39, 0.29) is 24.0 Å². The van der Waals surface area contributed by atoms with E-state index in [9.17, 15) is 19.2 Å². The number of para-hydroxylation sites is 2. The van der Waals surface area contributed by atoms with Gasteiger partial charge in [-0.25, -0.2) is 19.6 Å². The molecule has 2 aliphatic rings. The Kier molecular flexibility index (Phi) is 18.4. The van der Waals surface area contributed by atoms with Crippen LogP contribution in [0.1, 0.15) is 109 Å². The molecule has 18 heteroatoms. The Bertz CT molecular complexity index is 2730. The number of nitrogens with one attached hydrogen (secondary N) is 3. The van der Waals surface area contributed by atoms with Gasteiger partial charge in [0.05, 0.1) is 33.5 Å². The van der Waals surface area contributed by atoms with Crippen LogP contribution in [0.15, 0.2) is 61.2 Å². The van der Waals surface area contributed by atoms with Gasteiger partial charge in [-0.2, -0.15) is 0 Å². The molecule has 2 aliphatic heterocycles. The zero-order valence-electron chi connectivity index (χ0n) is 42.1. The molecular weight excluding hydrogens is 961 g/mol. The van der Waals surface area contributed by atoms with Crippen LogP contribution >= 0.6 is 45.3 Å². The van der Waals surface area contributed by atoms with Gasteiger partial charge >= 0.3 is 12.2 Å². The molecule has 5 N–H and O–H groups in total. The maximum absolute atomic E-state index is 12.8. The number of nitrogens with zero attached hydrogens (tertiary/aromatic N) is 4. The Labute approximate surface area is 428 Å². The quantitative estimate of drug-likeness (QED) is 0.0912. The van der Waals surface area contributed by atoms with Gasteiger partial charge in [0.2, 0.25) is 11.8 Å². The number of nitrogens with two attached hydrogens (primary N) is 1. The lowest BCUT2D eigenvalue weighted by molar-refractivity contribution is -0.116. The van der Waals surface area contributed by atoms with Crippen LogP contribution in [0.25, 0.3) is 41.6 Å². The highest BCUT2D eigenvalue weighted by atomic mass is 32.1. The fourth-order valence-electron chi connectivity index (χ4n) is 7.29. The van der Waals surface area contributed by atoms with Crippen LogP contribution in [-0.2, 0) is 45.0 Å². The van der Waals surface area contributed by atoms with Crippen molar-refractivity contribution in [2.45, 2.75) is 138 Å². The molecule has 14 nitrogen and oxygen atoms in total. The van der Waals surface area contributed by atoms with Crippen LogP contribution in [0.5, 0.6) is 0 Å². The lowest BCUT2D eigenvalue weighted by atomic mass is 10.0. The first-order valence-corrected chi connectivity index (χ1v) is 27.1. The second-order valence-electron chi connectivity index (χ2n) is 19.3. The van der Waals surface area contributed by atoms with E-state index in [0.29, 0.717) is 64.1 Å². The SMILES string of the molecule is C=CC(=O)Nc1sc2c(c1-c1nc3ccccc3s1)CCN(C(=O)OC(C)(C)C)C2.CC[C@@H](C)N.CC[C@@H](C)NCCC(=O)Nc1sc2c(c1-c1nc3ccccc3s1)CCN(C(=O)OC(C)(C)C)C2. The molecule has 4 amide bonds. The molecule has 8 rings (SSSR count). The number of benzene rings is 2. The van der Waals surface area contributed by atoms with Crippen molar-refractivity contribution >= 4 is 99.8 Å². The highest BCUT2D eigenvalue weighted by Crippen LogP contribution is 2.47. The number of carbonyl (C=O) groups is 4. The third-order valence-electron chi connectivity index (χ3n) is 11.2. The monoisotopic (exact) mass is 1030 g/mol. The molecule has 0 unspecified atom stereocenters. The first kappa shape index (κ1) is 54.1. The fourth-order valence-corrected chi connectivity index (χ4v) is 12.1. The summed E-state index contributed by atoms with van der Waals surface area (Å²) in [5.74, 6) is -0.286. The molecule has 0 radical (unpaired) electrons. The van der Waals surface area contributed by atoms with Gasteiger partial charge in [0, 0.05) is 59.0 Å². The number of aromatic nitrogens is 2. The zero-order valence-corrected chi connectivity index (χ0v) is 45.3. The number of anilines is 2. The summed E-state index contributed by atoms with van der Waals surface area (Å²) in [6, 6.07) is 16.8. The van der Waals surface area contributed by atoms with Gasteiger partial charge in [0.25, 0.3) is 0 Å². The summed E-state index contributed by atoms with van der Waals surface area (Å²) in [4.78, 5) is 65.4. The lowest BCUT2D eigenvalue weighted by Gasteiger charge is -2.30. The Morgan fingerprint density at radius 2 is 1.17 bits per heavy atom. The van der Waals surface area contributed by atoms with Crippen LogP contribution in [0.3, 0.4) is 0 Å². The number of hydrogen-bond acceptors (Lipinski definition) is 14. The number of thiazole rings is 2. The van der Waals surface area contributed by atoms with E-state index in [1.807, 2.05) is 90.9 Å². The van der Waals surface area contributed by atoms with Crippen molar-refractivity contribution in [3.8, 4) is 21.1 Å². The van der Waals surface area contributed by atoms with Gasteiger partial charge in [-0.3, -0.25) is 9.59 Å². The number of thiophene rings is 2. The third kappa shape index (κ3) is 14.4. The van der Waals surface area contributed by atoms with Crippen LogP contribution in [0.4, 0.5) is 19.6 Å². The van der Waals surface area contributed by atoms with Gasteiger partial charge in [-0.1, -0.05) is 44.7 Å². The van der Waals surface area contributed by atoms with Gasteiger partial charge in [-0.05, 0) is 123 Å². The van der Waals surface area contributed by atoms with E-state index < -0.39 is 11.2 Å². The molecule has 376 valence electrons. The van der Waals surface area contributed by atoms with Gasteiger partial charge in [0.15, 0.2) is 0 Å². The summed E-state index contributed by atoms with van der Waals surface area (Å²) in [6.45, 7) is 25.8. The molecule has 0 saturated carbocycles. The minimum atomic E-state index is -0.540. The van der Waals surface area contributed by atoms with Gasteiger partial charge in [-0.15, -0.1) is 45.3 Å². The second-order valence-corrected chi connectivity index (χ2v) is 23.6. The summed E-state index contributed by atoms with van der Waals surface area (Å²) < 4.78 is 13.3. The molecular formula is C52H68N8O6S4. The van der Waals surface area contributed by atoms with Crippen molar-refractivity contribution in [2.75, 3.05) is 30.3 Å². The van der Waals surface area contributed by atoms with Crippen molar-refractivity contribution in [3.63, 3.8) is 0 Å². The van der Waals surface area contributed by atoms with Crippen molar-refractivity contribution in [3.05, 3.63) is 82.1 Å². The van der Waals surface area contributed by atoms with Crippen molar-refractivity contribution in [1.29, 1.82) is 0 Å².